The van der Waals surface area contributed by atoms with E-state index < -0.39 is 59.8 Å². The minimum absolute atomic E-state index is 0.00443. The molecule has 328 valence electrons. The highest BCUT2D eigenvalue weighted by atomic mass is 32.3. The molecule has 0 bridgehead atoms. The molecule has 0 saturated carbocycles. The van der Waals surface area contributed by atoms with Crippen LogP contribution in [0.4, 0.5) is 0 Å². The van der Waals surface area contributed by atoms with Crippen molar-refractivity contribution in [3.63, 3.8) is 0 Å². The Kier molecular flexibility index (Phi) is 32.7. The van der Waals surface area contributed by atoms with E-state index in [-0.39, 0.29) is 19.6 Å². The van der Waals surface area contributed by atoms with Gasteiger partial charge in [0.05, 0.1) is 26.2 Å². The molecule has 0 radical (unpaired) electrons. The van der Waals surface area contributed by atoms with E-state index in [2.05, 4.69) is 72.7 Å². The van der Waals surface area contributed by atoms with Gasteiger partial charge in [-0.2, -0.15) is 8.42 Å². The maximum atomic E-state index is 12.7. The van der Waals surface area contributed by atoms with E-state index in [9.17, 15) is 28.5 Å². The number of ether oxygens (including phenoxy) is 4. The Morgan fingerprint density at radius 2 is 1.21 bits per heavy atom. The van der Waals surface area contributed by atoms with Crippen molar-refractivity contribution in [3.05, 3.63) is 72.9 Å². The second-order valence-corrected chi connectivity index (χ2v) is 15.3. The number of hydrogen-bond acceptors (Lipinski definition) is 11. The van der Waals surface area contributed by atoms with E-state index in [0.29, 0.717) is 13.0 Å². The van der Waals surface area contributed by atoms with Crippen LogP contribution in [0.1, 0.15) is 136 Å². The molecule has 4 N–H and O–H groups in total. The summed E-state index contributed by atoms with van der Waals surface area (Å²) in [5.74, 6) is -0.531. The Hall–Kier alpha value is -2.46. The first-order chi connectivity index (χ1) is 27.6. The number of rotatable bonds is 35. The molecule has 1 aliphatic rings. The molecule has 0 aromatic carbocycles. The van der Waals surface area contributed by atoms with Crippen molar-refractivity contribution in [1.82, 2.24) is 0 Å². The maximum absolute atomic E-state index is 12.7. The lowest BCUT2D eigenvalue weighted by Crippen LogP contribution is -2.60. The summed E-state index contributed by atoms with van der Waals surface area (Å²) in [6, 6.07) is 0. The topological polar surface area (TPSA) is 178 Å². The molecule has 6 atom stereocenters. The molecular weight excluding hydrogens is 753 g/mol. The molecule has 1 rings (SSSR count). The molecule has 1 aliphatic heterocycles. The van der Waals surface area contributed by atoms with Crippen molar-refractivity contribution in [1.29, 1.82) is 0 Å². The lowest BCUT2D eigenvalue weighted by molar-refractivity contribution is -0.301. The van der Waals surface area contributed by atoms with E-state index >= 15 is 0 Å². The third-order valence-corrected chi connectivity index (χ3v) is 9.56. The van der Waals surface area contributed by atoms with Crippen molar-refractivity contribution >= 4 is 16.4 Å². The highest BCUT2D eigenvalue weighted by molar-refractivity contribution is 7.80. The average Bonchev–Trinajstić information content (AvgIpc) is 3.18. The van der Waals surface area contributed by atoms with Gasteiger partial charge in [-0.1, -0.05) is 138 Å². The summed E-state index contributed by atoms with van der Waals surface area (Å²) >= 11 is 0. The van der Waals surface area contributed by atoms with Gasteiger partial charge < -0.3 is 34.3 Å². The minimum Gasteiger partial charge on any atom is -0.457 e. The fourth-order valence-electron chi connectivity index (χ4n) is 5.92. The molecule has 57 heavy (non-hydrogen) atoms. The number of aliphatic hydroxyl groups excluding tert-OH is 3. The van der Waals surface area contributed by atoms with Crippen LogP contribution in [0.25, 0.3) is 0 Å². The number of unbranched alkanes of at least 4 members (excludes halogenated alkanes) is 11. The molecule has 13 heteroatoms. The van der Waals surface area contributed by atoms with Crippen LogP contribution in [0.5, 0.6) is 0 Å². The zero-order valence-electron chi connectivity index (χ0n) is 34.6. The van der Waals surface area contributed by atoms with Crippen LogP contribution in [0.2, 0.25) is 0 Å². The Labute approximate surface area is 343 Å². The van der Waals surface area contributed by atoms with E-state index in [1.54, 1.807) is 6.08 Å². The summed E-state index contributed by atoms with van der Waals surface area (Å²) in [5, 5.41) is 30.6. The zero-order valence-corrected chi connectivity index (χ0v) is 35.4. The largest absolute Gasteiger partial charge is 0.457 e. The lowest BCUT2D eigenvalue weighted by atomic mass is 9.99. The Morgan fingerprint density at radius 1 is 0.684 bits per heavy atom. The van der Waals surface area contributed by atoms with Gasteiger partial charge in [-0.25, -0.2) is 4.18 Å². The van der Waals surface area contributed by atoms with Gasteiger partial charge in [-0.3, -0.25) is 9.35 Å². The van der Waals surface area contributed by atoms with Gasteiger partial charge in [0.1, 0.15) is 30.5 Å². The second kappa shape index (κ2) is 35.5. The molecule has 0 amide bonds. The van der Waals surface area contributed by atoms with E-state index in [4.69, 9.17) is 23.5 Å². The molecule has 0 aliphatic carbocycles. The number of carbonyl (C=O) groups excluding carboxylic acids is 1. The summed E-state index contributed by atoms with van der Waals surface area (Å²) in [6.45, 7) is 3.70. The number of esters is 1. The zero-order chi connectivity index (χ0) is 41.8. The van der Waals surface area contributed by atoms with Crippen molar-refractivity contribution in [2.24, 2.45) is 0 Å². The van der Waals surface area contributed by atoms with Crippen LogP contribution in [0, 0.1) is 0 Å². The van der Waals surface area contributed by atoms with Crippen molar-refractivity contribution in [2.75, 3.05) is 26.4 Å². The number of carbonyl (C=O) groups is 1. The van der Waals surface area contributed by atoms with E-state index in [1.807, 2.05) is 12.2 Å². The summed E-state index contributed by atoms with van der Waals surface area (Å²) in [4.78, 5) is 12.7. The quantitative estimate of drug-likeness (QED) is 0.0208. The summed E-state index contributed by atoms with van der Waals surface area (Å²) in [7, 11) is -5.07. The van der Waals surface area contributed by atoms with Crippen LogP contribution in [0.15, 0.2) is 72.9 Å². The van der Waals surface area contributed by atoms with Crippen LogP contribution in [0.3, 0.4) is 0 Å². The van der Waals surface area contributed by atoms with Gasteiger partial charge in [0.15, 0.2) is 6.29 Å². The highest BCUT2D eigenvalue weighted by Gasteiger charge is 2.48. The Bertz CT molecular complexity index is 1280. The standard InChI is InChI=1S/C44H74O12S/c1-3-5-7-9-11-13-15-17-19-21-23-25-27-29-31-33-40(46)54-38(37-53-44-42(48)43(56-57(49,50)51)41(47)39(35-45)55-44)36-52-34-32-30-28-26-24-22-20-18-16-14-12-10-8-6-4-2/h5,7,11,13,16-19,23,25,29,31,38-39,41-45,47-48H,3-4,6,8-10,12,14-15,20-22,24,26-28,30,32-37H2,1-2H3,(H,49,50,51)/b7-5-,13-11-,18-16-,19-17-,25-23-,31-29-. The maximum Gasteiger partial charge on any atom is 0.397 e. The first-order valence-corrected chi connectivity index (χ1v) is 22.6. The van der Waals surface area contributed by atoms with Crippen molar-refractivity contribution < 1.29 is 56.2 Å². The molecule has 1 heterocycles. The Balaban J connectivity index is 2.54. The van der Waals surface area contributed by atoms with Gasteiger partial charge in [0.2, 0.25) is 0 Å². The normalized spacial score (nSPS) is 21.4. The fourth-order valence-corrected chi connectivity index (χ4v) is 6.43. The van der Waals surface area contributed by atoms with Crippen LogP contribution < -0.4 is 0 Å². The van der Waals surface area contributed by atoms with E-state index in [0.717, 1.165) is 57.8 Å². The average molecular weight is 827 g/mol. The predicted molar refractivity (Wildman–Crippen MR) is 225 cm³/mol. The van der Waals surface area contributed by atoms with Crippen molar-refractivity contribution in [2.45, 2.75) is 173 Å². The molecule has 0 aromatic heterocycles. The van der Waals surface area contributed by atoms with Crippen LogP contribution in [-0.2, 0) is 38.3 Å². The molecule has 1 saturated heterocycles. The van der Waals surface area contributed by atoms with Gasteiger partial charge in [-0.05, 0) is 64.2 Å². The first kappa shape index (κ1) is 52.6. The molecular formula is C44H74O12S. The highest BCUT2D eigenvalue weighted by Crippen LogP contribution is 2.26. The minimum atomic E-state index is -5.07. The third-order valence-electron chi connectivity index (χ3n) is 9.10. The van der Waals surface area contributed by atoms with Crippen LogP contribution in [-0.4, -0.2) is 97.5 Å². The molecule has 0 aromatic rings. The smallest absolute Gasteiger partial charge is 0.397 e. The molecule has 12 nitrogen and oxygen atoms in total. The third kappa shape index (κ3) is 29.4. The molecule has 1 fully saturated rings. The molecule has 6 unspecified atom stereocenters. The fraction of sp³-hybridized carbons (Fsp3) is 0.705. The molecule has 0 spiro atoms. The summed E-state index contributed by atoms with van der Waals surface area (Å²) in [6.07, 6.45) is 35.4. The van der Waals surface area contributed by atoms with Gasteiger partial charge in [-0.15, -0.1) is 0 Å². The number of allylic oxidation sites excluding steroid dienone is 11. The second-order valence-electron chi connectivity index (χ2n) is 14.2. The van der Waals surface area contributed by atoms with Crippen LogP contribution >= 0.6 is 0 Å². The van der Waals surface area contributed by atoms with Crippen molar-refractivity contribution in [3.8, 4) is 0 Å². The lowest BCUT2D eigenvalue weighted by Gasteiger charge is -2.41. The monoisotopic (exact) mass is 826 g/mol. The van der Waals surface area contributed by atoms with Gasteiger partial charge in [0, 0.05) is 6.61 Å². The number of aliphatic hydroxyl groups is 3. The first-order valence-electron chi connectivity index (χ1n) is 21.2. The SMILES string of the molecule is CC/C=C\C/C=C\C/C=C\C/C=C\C/C=C\CC(=O)OC(COCCCCCCCC/C=C\CCCCCCC)COC1OC(CO)C(O)C(OS(=O)(=O)O)C1O. The van der Waals surface area contributed by atoms with Gasteiger partial charge in [0.25, 0.3) is 0 Å². The van der Waals surface area contributed by atoms with E-state index in [1.165, 1.54) is 51.4 Å². The Morgan fingerprint density at radius 3 is 1.75 bits per heavy atom. The van der Waals surface area contributed by atoms with Gasteiger partial charge >= 0.3 is 16.4 Å². The number of hydrogen-bond donors (Lipinski definition) is 4. The summed E-state index contributed by atoms with van der Waals surface area (Å²) in [5.41, 5.74) is 0. The predicted octanol–water partition coefficient (Wildman–Crippen LogP) is 8.35. The summed E-state index contributed by atoms with van der Waals surface area (Å²) < 4.78 is 58.8.